The highest BCUT2D eigenvalue weighted by Crippen LogP contribution is 2.07. The molecule has 7 heavy (non-hydrogen) atoms. The minimum Gasteiger partial charge on any atom is -0.499 e. The molecule has 40 valence electrons. The molecule has 0 spiro atoms. The summed E-state index contributed by atoms with van der Waals surface area (Å²) in [5.41, 5.74) is 0. The van der Waals surface area contributed by atoms with Crippen LogP contribution >= 0.6 is 0 Å². The van der Waals surface area contributed by atoms with Crippen molar-refractivity contribution in [2.75, 3.05) is 13.1 Å². The molecule has 2 nitrogen and oxygen atoms in total. The Balaban J connectivity index is 2.77. The van der Waals surface area contributed by atoms with E-state index in [1.165, 1.54) is 0 Å². The molecule has 1 unspecified atom stereocenters. The lowest BCUT2D eigenvalue weighted by Gasteiger charge is -1.90. The average molecular weight is 105 g/mol. The normalized spacial score (nSPS) is 56.9. The second-order valence-electron chi connectivity index (χ2n) is 0.920. The third kappa shape index (κ3) is 1.59. The Kier molecular flexibility index (Phi) is 0.421. The van der Waals surface area contributed by atoms with Crippen LogP contribution in [0.2, 0.25) is 0 Å². The quantitative estimate of drug-likeness (QED) is 0.386. The largest absolute Gasteiger partial charge is 0.499 e. The Bertz CT molecular complexity index is 216. The summed E-state index contributed by atoms with van der Waals surface area (Å²) in [7, 11) is 0. The van der Waals surface area contributed by atoms with Crippen LogP contribution in [-0.4, -0.2) is 19.2 Å². The third-order valence-corrected chi connectivity index (χ3v) is 0.439. The first-order valence-electron chi connectivity index (χ1n) is 4.26. The fourth-order valence-corrected chi connectivity index (χ4v) is 0.162. The fourth-order valence-electron chi connectivity index (χ4n) is 0.162. The lowest BCUT2D eigenvalue weighted by molar-refractivity contribution is 0.213. The molecule has 0 N–H and O–H groups in total. The van der Waals surface area contributed by atoms with Crippen molar-refractivity contribution in [3.63, 3.8) is 0 Å². The van der Waals surface area contributed by atoms with Crippen LogP contribution in [0, 0.1) is 0 Å². The van der Waals surface area contributed by atoms with E-state index in [9.17, 15) is 0 Å². The van der Waals surface area contributed by atoms with Gasteiger partial charge in [-0.3, -0.25) is 0 Å². The lowest BCUT2D eigenvalue weighted by Crippen LogP contribution is -1.94. The summed E-state index contributed by atoms with van der Waals surface area (Å²) in [6.07, 6.45) is -1.47. The smallest absolute Gasteiger partial charge is 0.116 e. The van der Waals surface area contributed by atoms with Gasteiger partial charge >= 0.3 is 0 Å². The van der Waals surface area contributed by atoms with Gasteiger partial charge in [0, 0.05) is 0 Å². The molecule has 1 fully saturated rings. The van der Waals surface area contributed by atoms with Gasteiger partial charge in [0.1, 0.15) is 12.6 Å². The van der Waals surface area contributed by atoms with E-state index in [1.807, 2.05) is 0 Å². The maximum atomic E-state index is 7.21. The molecule has 0 aliphatic carbocycles. The molecule has 0 saturated carbocycles. The molecule has 1 rings (SSSR count). The molecule has 0 aromatic carbocycles. The van der Waals surface area contributed by atoms with Crippen molar-refractivity contribution in [2.45, 2.75) is 6.08 Å². The lowest BCUT2D eigenvalue weighted by atomic mass is 10.5. The summed E-state index contributed by atoms with van der Waals surface area (Å²) in [6, 6.07) is 0. The molecule has 0 amide bonds. The first-order valence-corrected chi connectivity index (χ1v) is 1.76. The van der Waals surface area contributed by atoms with E-state index >= 15 is 0 Å². The number of hydrogen-bond acceptors (Lipinski definition) is 2. The van der Waals surface area contributed by atoms with Gasteiger partial charge in [0.25, 0.3) is 0 Å². The Hall–Kier alpha value is -0.500. The molecule has 1 aliphatic heterocycles. The van der Waals surface area contributed by atoms with Crippen molar-refractivity contribution in [2.24, 2.45) is 0 Å². The van der Waals surface area contributed by atoms with Crippen molar-refractivity contribution in [1.29, 1.82) is 0 Å². The van der Waals surface area contributed by atoms with Crippen LogP contribution < -0.4 is 0 Å². The highest BCUT2D eigenvalue weighted by atomic mass is 16.6. The maximum Gasteiger partial charge on any atom is 0.116 e. The van der Waals surface area contributed by atoms with Gasteiger partial charge in [-0.1, -0.05) is 6.58 Å². The molecule has 0 bridgehead atoms. The average Bonchev–Trinajstić information content (AvgIpc) is 2.34. The van der Waals surface area contributed by atoms with Gasteiger partial charge in [-0.2, -0.15) is 0 Å². The van der Waals surface area contributed by atoms with Crippen molar-refractivity contribution < 1.29 is 16.3 Å². The van der Waals surface area contributed by atoms with Crippen LogP contribution in [0.3, 0.4) is 0 Å². The number of ether oxygens (including phenoxy) is 2. The molecule has 0 radical (unpaired) electrons. The Morgan fingerprint density at radius 3 is 3.71 bits per heavy atom. The topological polar surface area (TPSA) is 21.8 Å². The molecule has 1 heterocycles. The van der Waals surface area contributed by atoms with Crippen LogP contribution in [0.1, 0.15) is 6.85 Å². The summed E-state index contributed by atoms with van der Waals surface area (Å²) in [5.74, 6) is 0. The zero-order chi connectivity index (χ0) is 9.62. The van der Waals surface area contributed by atoms with Crippen LogP contribution in [0.4, 0.5) is 0 Å². The van der Waals surface area contributed by atoms with Crippen molar-refractivity contribution in [3.05, 3.63) is 12.8 Å². The van der Waals surface area contributed by atoms with E-state index in [0.717, 1.165) is 6.26 Å². The van der Waals surface area contributed by atoms with E-state index in [1.54, 1.807) is 0 Å². The minimum absolute atomic E-state index is 0.814. The zero-order valence-corrected chi connectivity index (χ0v) is 3.60. The Morgan fingerprint density at radius 1 is 2.57 bits per heavy atom. The van der Waals surface area contributed by atoms with Crippen LogP contribution in [-0.2, 0) is 9.47 Å². The van der Waals surface area contributed by atoms with Gasteiger partial charge in [-0.25, -0.2) is 0 Å². The van der Waals surface area contributed by atoms with Gasteiger partial charge in [0.15, 0.2) is 0 Å². The highest BCUT2D eigenvalue weighted by molar-refractivity contribution is 4.68. The van der Waals surface area contributed by atoms with Gasteiger partial charge in [-0.05, 0) is 0 Å². The van der Waals surface area contributed by atoms with E-state index in [0.29, 0.717) is 0 Å². The molecule has 1 saturated heterocycles. The second-order valence-corrected chi connectivity index (χ2v) is 0.920. The van der Waals surface area contributed by atoms with Gasteiger partial charge in [0.05, 0.1) is 19.7 Å². The molecule has 0 aromatic rings. The number of rotatable bonds is 3. The molecular weight excluding hydrogens is 92.1 g/mol. The molecule has 1 aliphatic rings. The van der Waals surface area contributed by atoms with Crippen LogP contribution in [0.15, 0.2) is 12.8 Å². The summed E-state index contributed by atoms with van der Waals surface area (Å²) in [4.78, 5) is 0. The predicted molar refractivity (Wildman–Crippen MR) is 25.9 cm³/mol. The van der Waals surface area contributed by atoms with E-state index < -0.39 is 19.2 Å². The first-order chi connectivity index (χ1) is 5.27. The first kappa shape index (κ1) is 1.49. The van der Waals surface area contributed by atoms with Crippen molar-refractivity contribution in [3.8, 4) is 0 Å². The number of hydrogen-bond donors (Lipinski definition) is 0. The summed E-state index contributed by atoms with van der Waals surface area (Å²) >= 11 is 0. The third-order valence-electron chi connectivity index (χ3n) is 0.439. The maximum absolute atomic E-state index is 7.21. The minimum atomic E-state index is -2.52. The number of epoxide rings is 1. The Morgan fingerprint density at radius 2 is 3.29 bits per heavy atom. The van der Waals surface area contributed by atoms with E-state index in [4.69, 9.17) is 6.85 Å². The van der Waals surface area contributed by atoms with Crippen LogP contribution in [0.25, 0.3) is 0 Å². The van der Waals surface area contributed by atoms with Crippen LogP contribution in [0.5, 0.6) is 0 Å². The highest BCUT2D eigenvalue weighted by Gasteiger charge is 2.21. The molecule has 0 aromatic heterocycles. The van der Waals surface area contributed by atoms with Gasteiger partial charge in [-0.15, -0.1) is 0 Å². The van der Waals surface area contributed by atoms with E-state index in [-0.39, 0.29) is 0 Å². The zero-order valence-electron chi connectivity index (χ0n) is 8.60. The molecule has 1 atom stereocenters. The molecule has 2 heteroatoms. The monoisotopic (exact) mass is 105 g/mol. The van der Waals surface area contributed by atoms with Crippen molar-refractivity contribution >= 4 is 0 Å². The Labute approximate surface area is 49.8 Å². The standard InChI is InChI=1S/C5H8O2/c1-2-6-3-5-4-7-5/h2,5H,1,3-4H2/i3D2,4D2,5D. The predicted octanol–water partition coefficient (Wildman–Crippen LogP) is 0.545. The summed E-state index contributed by atoms with van der Waals surface area (Å²) < 4.78 is 43.9. The van der Waals surface area contributed by atoms with E-state index in [2.05, 4.69) is 16.1 Å². The fraction of sp³-hybridized carbons (Fsp3) is 0.600. The molecular formula is C5H8O2. The SMILES string of the molecule is [2H]C([2H])(OC=C)C1([2H])OC1([2H])[2H]. The van der Waals surface area contributed by atoms with Crippen molar-refractivity contribution in [1.82, 2.24) is 0 Å². The van der Waals surface area contributed by atoms with Gasteiger partial charge in [0.2, 0.25) is 0 Å². The second kappa shape index (κ2) is 1.98. The summed E-state index contributed by atoms with van der Waals surface area (Å²) in [6.45, 7) is -1.70. The van der Waals surface area contributed by atoms with Gasteiger partial charge < -0.3 is 9.47 Å². The summed E-state index contributed by atoms with van der Waals surface area (Å²) in [5, 5.41) is 0.